The molecule has 0 aromatic carbocycles. The Labute approximate surface area is 244 Å². The van der Waals surface area contributed by atoms with Crippen molar-refractivity contribution in [2.75, 3.05) is 54.5 Å². The fraction of sp³-hybridized carbons (Fsp3) is 0.929. The Kier molecular flexibility index (Phi) is 26.8. The van der Waals surface area contributed by atoms with E-state index in [1.807, 2.05) is 0 Å². The van der Waals surface area contributed by atoms with Crippen LogP contribution in [0.25, 0.3) is 0 Å². The molecule has 0 radical (unpaired) electrons. The molecular weight excluding hydrogens is 588 g/mol. The Balaban J connectivity index is -0.00000544. The van der Waals surface area contributed by atoms with Crippen LogP contribution in [0.15, 0.2) is 0 Å². The van der Waals surface area contributed by atoms with Crippen molar-refractivity contribution in [3.05, 3.63) is 0 Å². The van der Waals surface area contributed by atoms with Gasteiger partial charge in [0, 0.05) is 0 Å². The van der Waals surface area contributed by atoms with Crippen LogP contribution in [-0.2, 0) is 19.1 Å². The molecule has 8 heteroatoms. The minimum atomic E-state index is -0.339. The van der Waals surface area contributed by atoms with Crippen LogP contribution < -0.4 is 34.0 Å². The number of hydrogen-bond acceptors (Lipinski definition) is 4. The average Bonchev–Trinajstić information content (AvgIpc) is 2.77. The van der Waals surface area contributed by atoms with Gasteiger partial charge in [-0.25, -0.2) is 0 Å². The highest BCUT2D eigenvalue weighted by Crippen LogP contribution is 2.21. The first-order valence-corrected chi connectivity index (χ1v) is 14.1. The Morgan fingerprint density at radius 3 is 1.33 bits per heavy atom. The van der Waals surface area contributed by atoms with Gasteiger partial charge in [0.1, 0.15) is 0 Å². The van der Waals surface area contributed by atoms with Crippen molar-refractivity contribution < 1.29 is 62.0 Å². The predicted molar refractivity (Wildman–Crippen MR) is 141 cm³/mol. The highest BCUT2D eigenvalue weighted by Gasteiger charge is 2.42. The molecule has 0 aromatic heterocycles. The molecule has 0 unspecified atom stereocenters. The van der Waals surface area contributed by atoms with Gasteiger partial charge in [-0.15, -0.1) is 0 Å². The van der Waals surface area contributed by atoms with Crippen LogP contribution in [0.3, 0.4) is 0 Å². The van der Waals surface area contributed by atoms with Gasteiger partial charge in [0.25, 0.3) is 6.17 Å². The van der Waals surface area contributed by atoms with E-state index in [2.05, 4.69) is 42.0 Å². The van der Waals surface area contributed by atoms with E-state index in [4.69, 9.17) is 9.47 Å². The maximum atomic E-state index is 12.4. The summed E-state index contributed by atoms with van der Waals surface area (Å²) in [7, 11) is 9.13. The fourth-order valence-electron chi connectivity index (χ4n) is 4.82. The van der Waals surface area contributed by atoms with Crippen LogP contribution in [0, 0.1) is 0 Å². The van der Waals surface area contributed by atoms with Crippen molar-refractivity contribution in [1.29, 1.82) is 0 Å². The van der Waals surface area contributed by atoms with Crippen molar-refractivity contribution >= 4 is 11.9 Å². The van der Waals surface area contributed by atoms with Crippen LogP contribution in [0.2, 0.25) is 0 Å². The summed E-state index contributed by atoms with van der Waals surface area (Å²) in [6.45, 7) is 9.15. The molecule has 218 valence electrons. The number of carbonyl (C=O) groups is 2. The standard InChI is InChI=1S/C28H58N2O4.2BrH/c1-8-11-13-15-17-19-23-29(4,5)26(25-34-28(32)22-21-27(31)33-10-3)30(6,7)24-20-18-16-14-12-9-2;;/h26H,8-25H2,1-7H3;2*1H/q+2;;/p-2. The lowest BCUT2D eigenvalue weighted by Crippen LogP contribution is -3.00. The highest BCUT2D eigenvalue weighted by atomic mass is 79.9. The molecule has 0 aliphatic carbocycles. The number of quaternary nitrogens is 2. The molecule has 0 saturated carbocycles. The van der Waals surface area contributed by atoms with Gasteiger partial charge in [0.05, 0.1) is 60.7 Å². The Bertz CT molecular complexity index is 518. The van der Waals surface area contributed by atoms with Crippen molar-refractivity contribution in [2.45, 2.75) is 117 Å². The maximum Gasteiger partial charge on any atom is 0.306 e. The van der Waals surface area contributed by atoms with Gasteiger partial charge in [0.15, 0.2) is 6.61 Å². The number of ether oxygens (including phenoxy) is 2. The summed E-state index contributed by atoms with van der Waals surface area (Å²) in [5, 5.41) is 0. The van der Waals surface area contributed by atoms with E-state index in [0.29, 0.717) is 13.2 Å². The second-order valence-electron chi connectivity index (χ2n) is 11.0. The lowest BCUT2D eigenvalue weighted by Gasteiger charge is -2.46. The lowest BCUT2D eigenvalue weighted by atomic mass is 10.1. The van der Waals surface area contributed by atoms with Crippen LogP contribution in [0.1, 0.15) is 111 Å². The van der Waals surface area contributed by atoms with Gasteiger partial charge in [-0.1, -0.05) is 65.2 Å². The molecule has 0 spiro atoms. The molecule has 0 bridgehead atoms. The van der Waals surface area contributed by atoms with Gasteiger partial charge in [-0.2, -0.15) is 0 Å². The minimum Gasteiger partial charge on any atom is -1.00 e. The third kappa shape index (κ3) is 19.9. The van der Waals surface area contributed by atoms with Crippen molar-refractivity contribution in [2.24, 2.45) is 0 Å². The smallest absolute Gasteiger partial charge is 0.306 e. The average molecular weight is 647 g/mol. The molecule has 0 aliphatic heterocycles. The third-order valence-corrected chi connectivity index (χ3v) is 7.02. The van der Waals surface area contributed by atoms with E-state index in [1.165, 1.54) is 77.0 Å². The van der Waals surface area contributed by atoms with E-state index in [9.17, 15) is 9.59 Å². The normalized spacial score (nSPS) is 11.6. The van der Waals surface area contributed by atoms with Gasteiger partial charge < -0.3 is 43.4 Å². The summed E-state index contributed by atoms with van der Waals surface area (Å²) in [5.41, 5.74) is 0. The molecule has 0 saturated heterocycles. The highest BCUT2D eigenvalue weighted by molar-refractivity contribution is 5.77. The SMILES string of the molecule is CCCCCCCC[N+](C)(C)C(COC(=O)CCC(=O)OCC)[N+](C)(C)CCCCCCCC.[Br-].[Br-]. The van der Waals surface area contributed by atoms with Gasteiger partial charge in [-0.05, 0) is 32.6 Å². The number of hydrogen-bond donors (Lipinski definition) is 0. The third-order valence-electron chi connectivity index (χ3n) is 7.02. The van der Waals surface area contributed by atoms with E-state index < -0.39 is 0 Å². The molecule has 0 aromatic rings. The molecular formula is C28H58Br2N2O4. The number of halogens is 2. The van der Waals surface area contributed by atoms with Crippen molar-refractivity contribution in [3.8, 4) is 0 Å². The molecule has 36 heavy (non-hydrogen) atoms. The zero-order valence-corrected chi connectivity index (χ0v) is 27.8. The molecule has 0 rings (SSSR count). The summed E-state index contributed by atoms with van der Waals surface area (Å²) in [5.74, 6) is -0.647. The maximum absolute atomic E-state index is 12.4. The summed E-state index contributed by atoms with van der Waals surface area (Å²) >= 11 is 0. The van der Waals surface area contributed by atoms with E-state index in [-0.39, 0.29) is 64.9 Å². The number of nitrogens with zero attached hydrogens (tertiary/aromatic N) is 2. The predicted octanol–water partition coefficient (Wildman–Crippen LogP) is 0.0808. The second-order valence-corrected chi connectivity index (χ2v) is 11.0. The monoisotopic (exact) mass is 644 g/mol. The van der Waals surface area contributed by atoms with Gasteiger partial charge in [0.2, 0.25) is 0 Å². The van der Waals surface area contributed by atoms with E-state index in [1.54, 1.807) is 6.92 Å². The van der Waals surface area contributed by atoms with Crippen LogP contribution in [0.4, 0.5) is 0 Å². The van der Waals surface area contributed by atoms with E-state index >= 15 is 0 Å². The Morgan fingerprint density at radius 1 is 0.583 bits per heavy atom. The first-order chi connectivity index (χ1) is 16.1. The summed E-state index contributed by atoms with van der Waals surface area (Å²) in [6.07, 6.45) is 15.7. The Morgan fingerprint density at radius 2 is 0.944 bits per heavy atom. The molecule has 0 atom stereocenters. The minimum absolute atomic E-state index is 0. The topological polar surface area (TPSA) is 52.6 Å². The molecule has 0 heterocycles. The summed E-state index contributed by atoms with van der Waals surface area (Å²) < 4.78 is 12.3. The molecule has 0 aliphatic rings. The number of likely N-dealkylation sites (N-methyl/N-ethyl adjacent to an activating group) is 2. The van der Waals surface area contributed by atoms with E-state index in [0.717, 1.165) is 22.1 Å². The van der Waals surface area contributed by atoms with Crippen LogP contribution in [-0.4, -0.2) is 81.6 Å². The summed E-state index contributed by atoms with van der Waals surface area (Å²) in [6, 6.07) is 0. The number of unbranched alkanes of at least 4 members (excludes halogenated alkanes) is 10. The quantitative estimate of drug-likeness (QED) is 0.0725. The molecule has 6 nitrogen and oxygen atoms in total. The second kappa shape index (κ2) is 23.9. The fourth-order valence-corrected chi connectivity index (χ4v) is 4.82. The van der Waals surface area contributed by atoms with Crippen molar-refractivity contribution in [3.63, 3.8) is 0 Å². The van der Waals surface area contributed by atoms with Gasteiger partial charge in [-0.3, -0.25) is 18.6 Å². The zero-order chi connectivity index (χ0) is 25.9. The summed E-state index contributed by atoms with van der Waals surface area (Å²) in [4.78, 5) is 24.0. The molecule has 0 amide bonds. The number of esters is 2. The molecule has 0 N–H and O–H groups in total. The molecule has 0 fully saturated rings. The lowest BCUT2D eigenvalue weighted by molar-refractivity contribution is -1.10. The van der Waals surface area contributed by atoms with Crippen molar-refractivity contribution in [1.82, 2.24) is 0 Å². The van der Waals surface area contributed by atoms with Gasteiger partial charge >= 0.3 is 11.9 Å². The number of carbonyl (C=O) groups excluding carboxylic acids is 2. The van der Waals surface area contributed by atoms with Crippen LogP contribution >= 0.6 is 0 Å². The van der Waals surface area contributed by atoms with Crippen LogP contribution in [0.5, 0.6) is 0 Å². The number of rotatable bonds is 22. The zero-order valence-electron chi connectivity index (χ0n) is 24.6. The largest absolute Gasteiger partial charge is 1.00 e. The Hall–Kier alpha value is -0.180. The first kappa shape index (κ1) is 40.3. The first-order valence-electron chi connectivity index (χ1n) is 14.1.